The van der Waals surface area contributed by atoms with E-state index >= 15 is 0 Å². The predicted octanol–water partition coefficient (Wildman–Crippen LogP) is 1.45. The van der Waals surface area contributed by atoms with Crippen LogP contribution in [-0.2, 0) is 13.0 Å². The van der Waals surface area contributed by atoms with Crippen molar-refractivity contribution in [2.24, 2.45) is 0 Å². The number of aryl methyl sites for hydroxylation is 1. The Morgan fingerprint density at radius 3 is 2.81 bits per heavy atom. The molecule has 0 aliphatic carbocycles. The van der Waals surface area contributed by atoms with Crippen LogP contribution >= 0.6 is 0 Å². The third-order valence-corrected chi connectivity index (χ3v) is 2.57. The molecule has 0 aromatic carbocycles. The van der Waals surface area contributed by atoms with E-state index in [2.05, 4.69) is 20.3 Å². The number of aromatic amines is 1. The van der Waals surface area contributed by atoms with Crippen LogP contribution in [0.4, 0.5) is 0 Å². The van der Waals surface area contributed by atoms with Gasteiger partial charge < -0.3 is 10.3 Å². The van der Waals surface area contributed by atoms with Crippen LogP contribution in [-0.4, -0.2) is 21.5 Å². The standard InChI is InChI=1S/C12H16N4/c1-10-12(16-9-15-10)8-14-7-4-11-2-5-13-6-3-11/h2-3,5-6,9,14H,4,7-8H2,1H3,(H,15,16). The van der Waals surface area contributed by atoms with Gasteiger partial charge in [-0.1, -0.05) is 0 Å². The highest BCUT2D eigenvalue weighted by Crippen LogP contribution is 2.00. The minimum Gasteiger partial charge on any atom is -0.348 e. The zero-order chi connectivity index (χ0) is 11.2. The lowest BCUT2D eigenvalue weighted by atomic mass is 10.2. The molecule has 2 aromatic rings. The van der Waals surface area contributed by atoms with Gasteiger partial charge in [-0.3, -0.25) is 4.98 Å². The lowest BCUT2D eigenvalue weighted by molar-refractivity contribution is 0.674. The van der Waals surface area contributed by atoms with E-state index < -0.39 is 0 Å². The van der Waals surface area contributed by atoms with Crippen LogP contribution in [0.3, 0.4) is 0 Å². The summed E-state index contributed by atoms with van der Waals surface area (Å²) in [5.74, 6) is 0. The van der Waals surface area contributed by atoms with Crippen LogP contribution < -0.4 is 5.32 Å². The predicted molar refractivity (Wildman–Crippen MR) is 63.0 cm³/mol. The molecule has 0 radical (unpaired) electrons. The summed E-state index contributed by atoms with van der Waals surface area (Å²) in [6.45, 7) is 3.81. The quantitative estimate of drug-likeness (QED) is 0.744. The Bertz CT molecular complexity index is 422. The van der Waals surface area contributed by atoms with Crippen molar-refractivity contribution in [1.29, 1.82) is 0 Å². The first-order chi connectivity index (χ1) is 7.86. The van der Waals surface area contributed by atoms with Crippen molar-refractivity contribution >= 4 is 0 Å². The summed E-state index contributed by atoms with van der Waals surface area (Å²) in [6.07, 6.45) is 6.40. The molecule has 0 saturated heterocycles. The van der Waals surface area contributed by atoms with Gasteiger partial charge in [-0.2, -0.15) is 0 Å². The number of pyridine rings is 1. The van der Waals surface area contributed by atoms with Crippen LogP contribution in [0.15, 0.2) is 30.9 Å². The second-order valence-corrected chi connectivity index (χ2v) is 3.76. The molecule has 2 aromatic heterocycles. The average Bonchev–Trinajstić information content (AvgIpc) is 2.72. The fraction of sp³-hybridized carbons (Fsp3) is 0.333. The Kier molecular flexibility index (Phi) is 3.66. The normalized spacial score (nSPS) is 10.6. The van der Waals surface area contributed by atoms with Crippen LogP contribution in [0.5, 0.6) is 0 Å². The maximum Gasteiger partial charge on any atom is 0.0925 e. The lowest BCUT2D eigenvalue weighted by Crippen LogP contribution is -2.17. The zero-order valence-electron chi connectivity index (χ0n) is 9.40. The smallest absolute Gasteiger partial charge is 0.0925 e. The molecule has 4 heteroatoms. The topological polar surface area (TPSA) is 53.6 Å². The van der Waals surface area contributed by atoms with Gasteiger partial charge in [-0.05, 0) is 37.6 Å². The Morgan fingerprint density at radius 2 is 2.12 bits per heavy atom. The third kappa shape index (κ3) is 2.90. The summed E-state index contributed by atoms with van der Waals surface area (Å²) in [6, 6.07) is 4.09. The number of H-pyrrole nitrogens is 1. The molecule has 0 fully saturated rings. The first-order valence-electron chi connectivity index (χ1n) is 5.45. The molecular weight excluding hydrogens is 200 g/mol. The number of hydrogen-bond acceptors (Lipinski definition) is 3. The van der Waals surface area contributed by atoms with Gasteiger partial charge in [0.2, 0.25) is 0 Å². The van der Waals surface area contributed by atoms with E-state index in [1.807, 2.05) is 31.5 Å². The van der Waals surface area contributed by atoms with Crippen molar-refractivity contribution in [1.82, 2.24) is 20.3 Å². The van der Waals surface area contributed by atoms with Gasteiger partial charge in [-0.25, -0.2) is 4.98 Å². The summed E-state index contributed by atoms with van der Waals surface area (Å²) in [5, 5.41) is 3.37. The molecule has 2 N–H and O–H groups in total. The summed E-state index contributed by atoms with van der Waals surface area (Å²) in [5.41, 5.74) is 3.53. The molecule has 0 aliphatic heterocycles. The number of nitrogens with one attached hydrogen (secondary N) is 2. The number of aromatic nitrogens is 3. The van der Waals surface area contributed by atoms with E-state index in [1.54, 1.807) is 6.33 Å². The highest BCUT2D eigenvalue weighted by molar-refractivity contribution is 5.10. The molecule has 0 aliphatic rings. The van der Waals surface area contributed by atoms with E-state index in [1.165, 1.54) is 5.56 Å². The van der Waals surface area contributed by atoms with E-state index in [-0.39, 0.29) is 0 Å². The minimum atomic E-state index is 0.820. The Morgan fingerprint density at radius 1 is 1.31 bits per heavy atom. The maximum absolute atomic E-state index is 4.23. The van der Waals surface area contributed by atoms with Crippen molar-refractivity contribution in [3.8, 4) is 0 Å². The van der Waals surface area contributed by atoms with Crippen LogP contribution in [0, 0.1) is 6.92 Å². The Hall–Kier alpha value is -1.68. The second kappa shape index (κ2) is 5.42. The summed E-state index contributed by atoms with van der Waals surface area (Å²) < 4.78 is 0. The molecule has 2 rings (SSSR count). The van der Waals surface area contributed by atoms with E-state index in [4.69, 9.17) is 0 Å². The van der Waals surface area contributed by atoms with Crippen molar-refractivity contribution in [2.45, 2.75) is 19.9 Å². The van der Waals surface area contributed by atoms with E-state index in [0.29, 0.717) is 0 Å². The van der Waals surface area contributed by atoms with E-state index in [0.717, 1.165) is 30.9 Å². The fourth-order valence-corrected chi connectivity index (χ4v) is 1.55. The molecule has 0 amide bonds. The fourth-order valence-electron chi connectivity index (χ4n) is 1.55. The average molecular weight is 216 g/mol. The number of hydrogen-bond donors (Lipinski definition) is 2. The molecule has 4 nitrogen and oxygen atoms in total. The highest BCUT2D eigenvalue weighted by Gasteiger charge is 1.99. The third-order valence-electron chi connectivity index (χ3n) is 2.57. The van der Waals surface area contributed by atoms with Gasteiger partial charge in [0.05, 0.1) is 12.0 Å². The van der Waals surface area contributed by atoms with E-state index in [9.17, 15) is 0 Å². The van der Waals surface area contributed by atoms with Gasteiger partial charge >= 0.3 is 0 Å². The molecule has 84 valence electrons. The van der Waals surface area contributed by atoms with Gasteiger partial charge in [0, 0.05) is 24.6 Å². The molecular formula is C12H16N4. The molecule has 0 spiro atoms. The van der Waals surface area contributed by atoms with Gasteiger partial charge in [0.25, 0.3) is 0 Å². The van der Waals surface area contributed by atoms with Crippen molar-refractivity contribution in [3.63, 3.8) is 0 Å². The van der Waals surface area contributed by atoms with Crippen LogP contribution in [0.2, 0.25) is 0 Å². The molecule has 0 saturated carbocycles. The largest absolute Gasteiger partial charge is 0.348 e. The Labute approximate surface area is 95.1 Å². The van der Waals surface area contributed by atoms with Crippen molar-refractivity contribution < 1.29 is 0 Å². The molecule has 0 atom stereocenters. The Balaban J connectivity index is 1.72. The first kappa shape index (κ1) is 10.8. The maximum atomic E-state index is 4.23. The van der Waals surface area contributed by atoms with Gasteiger partial charge in [0.1, 0.15) is 0 Å². The molecule has 16 heavy (non-hydrogen) atoms. The van der Waals surface area contributed by atoms with Crippen LogP contribution in [0.1, 0.15) is 17.0 Å². The first-order valence-corrected chi connectivity index (χ1v) is 5.45. The molecule has 2 heterocycles. The zero-order valence-corrected chi connectivity index (χ0v) is 9.40. The van der Waals surface area contributed by atoms with Gasteiger partial charge in [-0.15, -0.1) is 0 Å². The lowest BCUT2D eigenvalue weighted by Gasteiger charge is -2.03. The highest BCUT2D eigenvalue weighted by atomic mass is 14.9. The molecule has 0 unspecified atom stereocenters. The van der Waals surface area contributed by atoms with Gasteiger partial charge in [0.15, 0.2) is 0 Å². The number of rotatable bonds is 5. The number of imidazole rings is 1. The monoisotopic (exact) mass is 216 g/mol. The number of nitrogens with zero attached hydrogens (tertiary/aromatic N) is 2. The summed E-state index contributed by atoms with van der Waals surface area (Å²) in [7, 11) is 0. The minimum absolute atomic E-state index is 0.820. The van der Waals surface area contributed by atoms with Crippen molar-refractivity contribution in [3.05, 3.63) is 47.8 Å². The second-order valence-electron chi connectivity index (χ2n) is 3.76. The van der Waals surface area contributed by atoms with Crippen molar-refractivity contribution in [2.75, 3.05) is 6.54 Å². The summed E-state index contributed by atoms with van der Waals surface area (Å²) >= 11 is 0. The van der Waals surface area contributed by atoms with Crippen LogP contribution in [0.25, 0.3) is 0 Å². The molecule has 0 bridgehead atoms. The summed E-state index contributed by atoms with van der Waals surface area (Å²) in [4.78, 5) is 11.3. The SMILES string of the molecule is Cc1[nH]cnc1CNCCc1ccncc1.